The number of amidine groups is 1. The maximum atomic E-state index is 11.6. The molecule has 0 unspecified atom stereocenters. The number of hydrogen-bond acceptors (Lipinski definition) is 6. The minimum absolute atomic E-state index is 0.119. The van der Waals surface area contributed by atoms with Crippen LogP contribution in [0, 0.1) is 5.41 Å². The molecule has 2 rings (SSSR count). The average molecular weight is 294 g/mol. The fraction of sp³-hybridized carbons (Fsp3) is 0.231. The largest absolute Gasteiger partial charge is 0.493 e. The van der Waals surface area contributed by atoms with Gasteiger partial charge in [-0.25, -0.2) is 0 Å². The summed E-state index contributed by atoms with van der Waals surface area (Å²) in [5.74, 6) is 1.23. The van der Waals surface area contributed by atoms with Crippen LogP contribution in [-0.2, 0) is 4.79 Å². The van der Waals surface area contributed by atoms with Crippen molar-refractivity contribution in [2.45, 2.75) is 0 Å². The molecule has 20 heavy (non-hydrogen) atoms. The topological polar surface area (TPSA) is 80.6 Å². The van der Waals surface area contributed by atoms with Gasteiger partial charge in [-0.05, 0) is 35.5 Å². The predicted octanol–water partition coefficient (Wildman–Crippen LogP) is 1.85. The van der Waals surface area contributed by atoms with Crippen LogP contribution in [0.4, 0.5) is 0 Å². The smallest absolute Gasteiger partial charge is 0.264 e. The molecule has 7 heteroatoms. The van der Waals surface area contributed by atoms with E-state index in [9.17, 15) is 4.79 Å². The zero-order valence-electron chi connectivity index (χ0n) is 11.3. The van der Waals surface area contributed by atoms with Crippen LogP contribution >= 0.6 is 11.8 Å². The Morgan fingerprint density at radius 2 is 1.75 bits per heavy atom. The van der Waals surface area contributed by atoms with Gasteiger partial charge in [-0.3, -0.25) is 10.2 Å². The number of ether oxygens (including phenoxy) is 3. The summed E-state index contributed by atoms with van der Waals surface area (Å²) in [6.07, 6.45) is 1.67. The zero-order chi connectivity index (χ0) is 14.7. The van der Waals surface area contributed by atoms with Crippen LogP contribution in [-0.4, -0.2) is 32.4 Å². The van der Waals surface area contributed by atoms with Crippen molar-refractivity contribution in [3.05, 3.63) is 22.6 Å². The second kappa shape index (κ2) is 5.87. The highest BCUT2D eigenvalue weighted by Gasteiger charge is 2.22. The Morgan fingerprint density at radius 1 is 1.15 bits per heavy atom. The van der Waals surface area contributed by atoms with Gasteiger partial charge in [0.2, 0.25) is 5.75 Å². The lowest BCUT2D eigenvalue weighted by molar-refractivity contribution is -0.115. The van der Waals surface area contributed by atoms with Crippen LogP contribution in [0.2, 0.25) is 0 Å². The molecule has 0 bridgehead atoms. The molecule has 1 aliphatic rings. The van der Waals surface area contributed by atoms with E-state index in [1.165, 1.54) is 21.3 Å². The Bertz CT molecular complexity index is 573. The van der Waals surface area contributed by atoms with Crippen molar-refractivity contribution < 1.29 is 19.0 Å². The molecule has 1 aromatic rings. The molecule has 106 valence electrons. The van der Waals surface area contributed by atoms with Crippen molar-refractivity contribution in [3.63, 3.8) is 0 Å². The first-order valence-electron chi connectivity index (χ1n) is 5.68. The quantitative estimate of drug-likeness (QED) is 0.828. The molecule has 0 radical (unpaired) electrons. The van der Waals surface area contributed by atoms with Gasteiger partial charge >= 0.3 is 0 Å². The monoisotopic (exact) mass is 294 g/mol. The van der Waals surface area contributed by atoms with E-state index in [0.29, 0.717) is 22.2 Å². The second-order valence-corrected chi connectivity index (χ2v) is 4.90. The van der Waals surface area contributed by atoms with Crippen LogP contribution in [0.25, 0.3) is 6.08 Å². The molecule has 1 amide bonds. The number of amides is 1. The van der Waals surface area contributed by atoms with E-state index in [0.717, 1.165) is 17.3 Å². The summed E-state index contributed by atoms with van der Waals surface area (Å²) >= 11 is 1.08. The van der Waals surface area contributed by atoms with Crippen molar-refractivity contribution in [1.82, 2.24) is 5.32 Å². The fourth-order valence-electron chi connectivity index (χ4n) is 1.78. The SMILES string of the molecule is COc1cc(/C=C2/SC(=N)NC2=O)cc(OC)c1OC. The Kier molecular flexibility index (Phi) is 4.19. The molecular formula is C13H14N2O4S. The summed E-state index contributed by atoms with van der Waals surface area (Å²) in [5.41, 5.74) is 0.729. The zero-order valence-corrected chi connectivity index (χ0v) is 12.1. The van der Waals surface area contributed by atoms with Crippen LogP contribution in [0.3, 0.4) is 0 Å². The van der Waals surface area contributed by atoms with E-state index < -0.39 is 0 Å². The molecule has 0 atom stereocenters. The molecule has 1 fully saturated rings. The summed E-state index contributed by atoms with van der Waals surface area (Å²) < 4.78 is 15.7. The van der Waals surface area contributed by atoms with Crippen molar-refractivity contribution in [2.75, 3.05) is 21.3 Å². The Labute approximate surface area is 120 Å². The number of hydrogen-bond donors (Lipinski definition) is 2. The summed E-state index contributed by atoms with van der Waals surface area (Å²) in [7, 11) is 4.59. The van der Waals surface area contributed by atoms with Gasteiger partial charge in [0.15, 0.2) is 16.7 Å². The third kappa shape index (κ3) is 2.72. The first-order valence-corrected chi connectivity index (χ1v) is 6.50. The number of methoxy groups -OCH3 is 3. The molecule has 1 aromatic carbocycles. The minimum Gasteiger partial charge on any atom is -0.493 e. The molecule has 0 saturated carbocycles. The van der Waals surface area contributed by atoms with Gasteiger partial charge in [0, 0.05) is 0 Å². The lowest BCUT2D eigenvalue weighted by Gasteiger charge is -2.12. The van der Waals surface area contributed by atoms with Crippen molar-refractivity contribution in [1.29, 1.82) is 5.41 Å². The molecular weight excluding hydrogens is 280 g/mol. The van der Waals surface area contributed by atoms with Gasteiger partial charge in [-0.1, -0.05) is 0 Å². The third-order valence-corrected chi connectivity index (χ3v) is 3.48. The Morgan fingerprint density at radius 3 is 2.15 bits per heavy atom. The predicted molar refractivity (Wildman–Crippen MR) is 77.5 cm³/mol. The second-order valence-electron chi connectivity index (χ2n) is 3.85. The Hall–Kier alpha value is -2.15. The average Bonchev–Trinajstić information content (AvgIpc) is 2.75. The van der Waals surface area contributed by atoms with Gasteiger partial charge in [-0.15, -0.1) is 0 Å². The lowest BCUT2D eigenvalue weighted by atomic mass is 10.1. The number of rotatable bonds is 4. The van der Waals surface area contributed by atoms with Gasteiger partial charge < -0.3 is 19.5 Å². The number of carbonyl (C=O) groups is 1. The maximum Gasteiger partial charge on any atom is 0.264 e. The number of nitrogens with one attached hydrogen (secondary N) is 2. The molecule has 0 spiro atoms. The summed E-state index contributed by atoms with van der Waals surface area (Å²) in [4.78, 5) is 12.0. The summed E-state index contributed by atoms with van der Waals surface area (Å²) in [6, 6.07) is 3.48. The van der Waals surface area contributed by atoms with Crippen molar-refractivity contribution in [2.24, 2.45) is 0 Å². The number of thioether (sulfide) groups is 1. The molecule has 6 nitrogen and oxygen atoms in total. The highest BCUT2D eigenvalue weighted by atomic mass is 32.2. The molecule has 1 heterocycles. The van der Waals surface area contributed by atoms with Gasteiger partial charge in [0.05, 0.1) is 26.2 Å². The lowest BCUT2D eigenvalue weighted by Crippen LogP contribution is -2.18. The maximum absolute atomic E-state index is 11.6. The van der Waals surface area contributed by atoms with Crippen molar-refractivity contribution >= 4 is 28.9 Å². The highest BCUT2D eigenvalue weighted by Crippen LogP contribution is 2.39. The highest BCUT2D eigenvalue weighted by molar-refractivity contribution is 8.18. The number of benzene rings is 1. The van der Waals surface area contributed by atoms with Crippen LogP contribution < -0.4 is 19.5 Å². The van der Waals surface area contributed by atoms with E-state index in [1.807, 2.05) is 0 Å². The molecule has 1 aliphatic heterocycles. The normalized spacial score (nSPS) is 16.2. The van der Waals surface area contributed by atoms with Crippen LogP contribution in [0.15, 0.2) is 17.0 Å². The molecule has 0 aliphatic carbocycles. The number of carbonyl (C=O) groups excluding carboxylic acids is 1. The van der Waals surface area contributed by atoms with Crippen molar-refractivity contribution in [3.8, 4) is 17.2 Å². The van der Waals surface area contributed by atoms with Crippen LogP contribution in [0.1, 0.15) is 5.56 Å². The van der Waals surface area contributed by atoms with E-state index in [1.54, 1.807) is 18.2 Å². The fourth-order valence-corrected chi connectivity index (χ4v) is 2.48. The molecule has 2 N–H and O–H groups in total. The third-order valence-electron chi connectivity index (χ3n) is 2.65. The van der Waals surface area contributed by atoms with E-state index in [4.69, 9.17) is 19.6 Å². The van der Waals surface area contributed by atoms with Gasteiger partial charge in [-0.2, -0.15) is 0 Å². The first kappa shape index (κ1) is 14.3. The summed E-state index contributed by atoms with van der Waals surface area (Å²) in [5, 5.41) is 9.95. The molecule has 0 aromatic heterocycles. The summed E-state index contributed by atoms with van der Waals surface area (Å²) in [6.45, 7) is 0. The first-order chi connectivity index (χ1) is 9.58. The van der Waals surface area contributed by atoms with E-state index in [2.05, 4.69) is 5.32 Å². The van der Waals surface area contributed by atoms with E-state index >= 15 is 0 Å². The van der Waals surface area contributed by atoms with Gasteiger partial charge in [0.25, 0.3) is 5.91 Å². The molecule has 1 saturated heterocycles. The van der Waals surface area contributed by atoms with Crippen LogP contribution in [0.5, 0.6) is 17.2 Å². The van der Waals surface area contributed by atoms with Gasteiger partial charge in [0.1, 0.15) is 0 Å². The minimum atomic E-state index is -0.284. The standard InChI is InChI=1S/C13H14N2O4S/c1-17-8-4-7(5-9(18-2)11(8)19-3)6-10-12(16)15-13(14)20-10/h4-6H,1-3H3,(H2,14,15,16)/b10-6+. The van der Waals surface area contributed by atoms with E-state index in [-0.39, 0.29) is 11.1 Å². The Balaban J connectivity index is 2.45.